The molecule has 4 nitrogen and oxygen atoms in total. The third-order valence-corrected chi connectivity index (χ3v) is 5.03. The van der Waals surface area contributed by atoms with Gasteiger partial charge in [0.15, 0.2) is 0 Å². The van der Waals surface area contributed by atoms with Crippen LogP contribution in [0, 0.1) is 0 Å². The van der Waals surface area contributed by atoms with Crippen LogP contribution in [0.25, 0.3) is 0 Å². The highest BCUT2D eigenvalue weighted by Gasteiger charge is 2.71. The van der Waals surface area contributed by atoms with E-state index in [1.165, 1.54) is 4.90 Å². The Hall–Kier alpha value is -1.68. The van der Waals surface area contributed by atoms with Gasteiger partial charge < -0.3 is 17.5 Å². The van der Waals surface area contributed by atoms with Gasteiger partial charge in [-0.2, -0.15) is 26.3 Å². The molecule has 0 amide bonds. The van der Waals surface area contributed by atoms with Crippen LogP contribution in [0.2, 0.25) is 0 Å². The highest BCUT2D eigenvalue weighted by molar-refractivity contribution is 5.94. The smallest absolute Gasteiger partial charge is 0.433 e. The highest BCUT2D eigenvalue weighted by Crippen LogP contribution is 2.50. The molecule has 1 aromatic carbocycles. The molecule has 1 aliphatic heterocycles. The summed E-state index contributed by atoms with van der Waals surface area (Å²) in [6, 6.07) is 3.29. The Labute approximate surface area is 177 Å². The van der Waals surface area contributed by atoms with Crippen molar-refractivity contribution in [3.05, 3.63) is 29.8 Å². The normalized spacial score (nSPS) is 15.5. The first-order chi connectivity index (χ1) is 13.4. The number of hydrogen-bond donors (Lipinski definition) is 1. The molecule has 170 valence electrons. The highest BCUT2D eigenvalue weighted by atomic mass is 35.5. The Morgan fingerprint density at radius 3 is 1.93 bits per heavy atom. The molecule has 0 unspecified atom stereocenters. The van der Waals surface area contributed by atoms with Crippen LogP contribution in [0.5, 0.6) is 0 Å². The summed E-state index contributed by atoms with van der Waals surface area (Å²) >= 11 is 0. The molecule has 0 saturated carbocycles. The standard InChI is InChI=1S/C19H24F6N3O.ClH/c1-2-3-13-28(16(26)27-11-5-4-6-12-27)15-9-7-14(8-10-15)17(29,18(20,21)22)19(23,24)25;/h7-10,29H,2-6,11-13H2,1H3;1H/q+1;/p-1. The number of hydrogen-bond acceptors (Lipinski definition) is 1. The molecule has 0 aliphatic carbocycles. The van der Waals surface area contributed by atoms with E-state index in [0.29, 0.717) is 38.2 Å². The summed E-state index contributed by atoms with van der Waals surface area (Å²) in [5, 5.41) is 20.2. The monoisotopic (exact) mass is 459 g/mol. The Morgan fingerprint density at radius 1 is 1.00 bits per heavy atom. The molecule has 0 aromatic heterocycles. The number of nitrogens with zero attached hydrogens (tertiary/aromatic N) is 3. The second-order valence-electron chi connectivity index (χ2n) is 7.11. The number of unbranched alkanes of at least 4 members (excludes halogenated alkanes) is 1. The van der Waals surface area contributed by atoms with E-state index in [0.717, 1.165) is 37.8 Å². The third kappa shape index (κ3) is 5.32. The van der Waals surface area contributed by atoms with Crippen LogP contribution in [0.1, 0.15) is 44.6 Å². The first-order valence-corrected chi connectivity index (χ1v) is 9.48. The Bertz CT molecular complexity index is 673. The second-order valence-corrected chi connectivity index (χ2v) is 7.11. The third-order valence-electron chi connectivity index (χ3n) is 5.03. The summed E-state index contributed by atoms with van der Waals surface area (Å²) in [6.45, 7) is 3.51. The molecule has 11 heteroatoms. The fraction of sp³-hybridized carbons (Fsp3) is 0.632. The predicted octanol–water partition coefficient (Wildman–Crippen LogP) is 1.25. The lowest BCUT2D eigenvalue weighted by atomic mass is 9.92. The predicted molar refractivity (Wildman–Crippen MR) is 97.3 cm³/mol. The zero-order chi connectivity index (χ0) is 21.9. The summed E-state index contributed by atoms with van der Waals surface area (Å²) < 4.78 is 78.3. The number of rotatable bonds is 5. The van der Waals surface area contributed by atoms with Gasteiger partial charge in [0.25, 0.3) is 5.60 Å². The minimum absolute atomic E-state index is 0. The number of halogens is 7. The maximum Gasteiger partial charge on any atom is 0.433 e. The van der Waals surface area contributed by atoms with Crippen molar-refractivity contribution in [2.24, 2.45) is 0 Å². The number of alkyl halides is 6. The molecule has 1 fully saturated rings. The fourth-order valence-corrected chi connectivity index (χ4v) is 3.30. The van der Waals surface area contributed by atoms with E-state index >= 15 is 0 Å². The topological polar surface area (TPSA) is 49.0 Å². The first kappa shape index (κ1) is 26.4. The Kier molecular flexibility index (Phi) is 8.86. The molecule has 2 rings (SSSR count). The maximum absolute atomic E-state index is 13.1. The van der Waals surface area contributed by atoms with Crippen molar-refractivity contribution >= 4 is 11.6 Å². The van der Waals surface area contributed by atoms with Crippen LogP contribution in [0.3, 0.4) is 0 Å². The molecule has 1 aromatic rings. The quantitative estimate of drug-likeness (QED) is 0.410. The van der Waals surface area contributed by atoms with Gasteiger partial charge in [0.1, 0.15) is 11.1 Å². The van der Waals surface area contributed by atoms with E-state index < -0.39 is 23.5 Å². The molecule has 0 spiro atoms. The van der Waals surface area contributed by atoms with Gasteiger partial charge >= 0.3 is 18.3 Å². The molecule has 1 saturated heterocycles. The van der Waals surface area contributed by atoms with Crippen molar-refractivity contribution in [3.63, 3.8) is 0 Å². The largest absolute Gasteiger partial charge is 1.00 e. The van der Waals surface area contributed by atoms with Crippen LogP contribution in [0.4, 0.5) is 32.0 Å². The van der Waals surface area contributed by atoms with E-state index in [-0.39, 0.29) is 24.1 Å². The summed E-state index contributed by atoms with van der Waals surface area (Å²) in [6.07, 6.45) is -7.63. The van der Waals surface area contributed by atoms with Crippen LogP contribution in [-0.2, 0) is 5.60 Å². The van der Waals surface area contributed by atoms with Crippen LogP contribution >= 0.6 is 0 Å². The molecule has 1 heterocycles. The molecule has 1 aliphatic rings. The minimum atomic E-state index is -5.93. The first-order valence-electron chi connectivity index (χ1n) is 9.48. The Morgan fingerprint density at radius 2 is 1.50 bits per heavy atom. The van der Waals surface area contributed by atoms with Gasteiger partial charge in [-0.1, -0.05) is 25.5 Å². The van der Waals surface area contributed by atoms with Crippen molar-refractivity contribution in [3.8, 4) is 0 Å². The number of aliphatic hydroxyl groups is 1. The van der Waals surface area contributed by atoms with Gasteiger partial charge in [0.05, 0.1) is 19.6 Å². The number of anilines is 1. The lowest BCUT2D eigenvalue weighted by Gasteiger charge is -2.33. The lowest BCUT2D eigenvalue weighted by molar-refractivity contribution is -0.376. The molecule has 1 N–H and O–H groups in total. The molecule has 0 bridgehead atoms. The molecular formula is C19H24ClF6N3O. The van der Waals surface area contributed by atoms with Gasteiger partial charge in [0, 0.05) is 5.56 Å². The van der Waals surface area contributed by atoms with Crippen LogP contribution in [0.15, 0.2) is 24.3 Å². The van der Waals surface area contributed by atoms with Gasteiger partial charge in [-0.05, 0) is 37.8 Å². The summed E-state index contributed by atoms with van der Waals surface area (Å²) in [5.41, 5.74) is -6.04. The molecular weight excluding hydrogens is 436 g/mol. The van der Waals surface area contributed by atoms with Crippen LogP contribution in [-0.4, -0.2) is 48.0 Å². The summed E-state index contributed by atoms with van der Waals surface area (Å²) in [5.74, 6) is -0.0761. The average Bonchev–Trinajstić information content (AvgIpc) is 2.67. The van der Waals surface area contributed by atoms with Gasteiger partial charge in [0.2, 0.25) is 0 Å². The Balaban J connectivity index is 0.00000450. The fourth-order valence-electron chi connectivity index (χ4n) is 3.30. The van der Waals surface area contributed by atoms with Gasteiger partial charge in [-0.25, -0.2) is 4.90 Å². The van der Waals surface area contributed by atoms with Crippen molar-refractivity contribution in [2.75, 3.05) is 24.5 Å². The number of guanidine groups is 1. The van der Waals surface area contributed by atoms with Gasteiger partial charge in [-0.15, -0.1) is 0 Å². The number of piperidine rings is 1. The van der Waals surface area contributed by atoms with Crippen molar-refractivity contribution in [1.29, 1.82) is 0 Å². The van der Waals surface area contributed by atoms with E-state index in [1.807, 2.05) is 6.92 Å². The molecule has 30 heavy (non-hydrogen) atoms. The van der Waals surface area contributed by atoms with Crippen molar-refractivity contribution < 1.29 is 43.9 Å². The van der Waals surface area contributed by atoms with E-state index in [4.69, 9.17) is 0 Å². The van der Waals surface area contributed by atoms with Crippen molar-refractivity contribution in [1.82, 2.24) is 10.3 Å². The zero-order valence-electron chi connectivity index (χ0n) is 16.4. The zero-order valence-corrected chi connectivity index (χ0v) is 17.2. The SMILES string of the molecule is CCCCN(C(=[N+])N1CCCCC1)c1ccc(C(O)(C(F)(F)F)C(F)(F)F)cc1.[Cl-]. The molecule has 2 radical (unpaired) electrons. The minimum Gasteiger partial charge on any atom is -1.00 e. The molecule has 0 atom stereocenters. The van der Waals surface area contributed by atoms with Crippen LogP contribution < -0.4 is 22.7 Å². The van der Waals surface area contributed by atoms with Crippen molar-refractivity contribution in [2.45, 2.75) is 57.0 Å². The summed E-state index contributed by atoms with van der Waals surface area (Å²) in [4.78, 5) is 3.22. The lowest BCUT2D eigenvalue weighted by Crippen LogP contribution is -3.00. The van der Waals surface area contributed by atoms with E-state index in [9.17, 15) is 36.9 Å². The van der Waals surface area contributed by atoms with E-state index in [1.54, 1.807) is 4.90 Å². The second kappa shape index (κ2) is 10.1. The number of benzene rings is 1. The average molecular weight is 460 g/mol. The summed E-state index contributed by atoms with van der Waals surface area (Å²) in [7, 11) is 0. The number of likely N-dealkylation sites (tertiary alicyclic amines) is 1. The van der Waals surface area contributed by atoms with E-state index in [2.05, 4.69) is 0 Å². The maximum atomic E-state index is 13.1. The van der Waals surface area contributed by atoms with Gasteiger partial charge in [-0.3, -0.25) is 4.90 Å².